The average Bonchev–Trinajstić information content (AvgIpc) is 2.02. The van der Waals surface area contributed by atoms with Crippen LogP contribution in [0.25, 0.3) is 0 Å². The van der Waals surface area contributed by atoms with Gasteiger partial charge < -0.3 is 0 Å². The molecule has 0 spiro atoms. The quantitative estimate of drug-likeness (QED) is 0.681. The Morgan fingerprint density at radius 3 is 2.08 bits per heavy atom. The number of sulfonamides is 1. The van der Waals surface area contributed by atoms with E-state index in [2.05, 4.69) is 13.8 Å². The number of nitrogens with zero attached hydrogens (tertiary/aromatic N) is 1. The lowest BCUT2D eigenvalue weighted by atomic mass is 9.94. The molecule has 0 bridgehead atoms. The molecule has 2 atom stereocenters. The molecule has 1 heterocycles. The fourth-order valence-electron chi connectivity index (χ4n) is 2.02. The van der Waals surface area contributed by atoms with E-state index in [0.29, 0.717) is 24.9 Å². The van der Waals surface area contributed by atoms with Crippen LogP contribution in [0.4, 0.5) is 0 Å². The second kappa shape index (κ2) is 3.96. The summed E-state index contributed by atoms with van der Waals surface area (Å²) in [5, 5.41) is 0. The van der Waals surface area contributed by atoms with E-state index in [4.69, 9.17) is 0 Å². The molecule has 1 fully saturated rings. The molecule has 0 aromatic rings. The first kappa shape index (κ1) is 11.0. The van der Waals surface area contributed by atoms with Crippen molar-refractivity contribution in [2.75, 3.05) is 18.8 Å². The molecule has 0 aromatic heterocycles. The van der Waals surface area contributed by atoms with Crippen LogP contribution in [-0.4, -0.2) is 31.6 Å². The molecule has 0 aliphatic carbocycles. The first-order valence-electron chi connectivity index (χ1n) is 4.93. The molecule has 78 valence electrons. The first-order valence-corrected chi connectivity index (χ1v) is 6.54. The van der Waals surface area contributed by atoms with Gasteiger partial charge in [-0.1, -0.05) is 13.8 Å². The molecule has 1 saturated heterocycles. The Labute approximate surface area is 81.2 Å². The van der Waals surface area contributed by atoms with Crippen molar-refractivity contribution >= 4 is 10.0 Å². The molecule has 3 nitrogen and oxygen atoms in total. The fraction of sp³-hybridized carbons (Fsp3) is 1.00. The van der Waals surface area contributed by atoms with Crippen molar-refractivity contribution in [3.8, 4) is 0 Å². The van der Waals surface area contributed by atoms with Crippen LogP contribution in [0, 0.1) is 11.8 Å². The summed E-state index contributed by atoms with van der Waals surface area (Å²) >= 11 is 0. The number of hydrogen-bond donors (Lipinski definition) is 0. The first-order chi connectivity index (χ1) is 5.95. The molecule has 0 unspecified atom stereocenters. The van der Waals surface area contributed by atoms with Gasteiger partial charge in [0.15, 0.2) is 0 Å². The number of piperidine rings is 1. The Morgan fingerprint density at radius 2 is 1.69 bits per heavy atom. The lowest BCUT2D eigenvalue weighted by Crippen LogP contribution is -2.43. The topological polar surface area (TPSA) is 37.4 Å². The van der Waals surface area contributed by atoms with Gasteiger partial charge in [-0.2, -0.15) is 0 Å². The highest BCUT2D eigenvalue weighted by atomic mass is 32.2. The van der Waals surface area contributed by atoms with Crippen molar-refractivity contribution in [2.45, 2.75) is 27.2 Å². The monoisotopic (exact) mass is 205 g/mol. The molecule has 1 aliphatic rings. The van der Waals surface area contributed by atoms with Crippen LogP contribution < -0.4 is 0 Å². The van der Waals surface area contributed by atoms with Gasteiger partial charge in [0.2, 0.25) is 10.0 Å². The van der Waals surface area contributed by atoms with Crippen LogP contribution in [0.5, 0.6) is 0 Å². The molecule has 4 heteroatoms. The van der Waals surface area contributed by atoms with Crippen molar-refractivity contribution in [1.29, 1.82) is 0 Å². The summed E-state index contributed by atoms with van der Waals surface area (Å²) in [7, 11) is -2.95. The van der Waals surface area contributed by atoms with Crippen molar-refractivity contribution in [2.24, 2.45) is 11.8 Å². The number of rotatable bonds is 2. The molecule has 1 aliphatic heterocycles. The zero-order chi connectivity index (χ0) is 10.1. The van der Waals surface area contributed by atoms with Crippen LogP contribution in [0.2, 0.25) is 0 Å². The van der Waals surface area contributed by atoms with Gasteiger partial charge in [-0.05, 0) is 25.2 Å². The van der Waals surface area contributed by atoms with Gasteiger partial charge in [-0.3, -0.25) is 0 Å². The van der Waals surface area contributed by atoms with E-state index in [1.807, 2.05) is 0 Å². The average molecular weight is 205 g/mol. The van der Waals surface area contributed by atoms with Crippen LogP contribution in [0.15, 0.2) is 0 Å². The molecule has 0 aromatic carbocycles. The maximum Gasteiger partial charge on any atom is 0.213 e. The van der Waals surface area contributed by atoms with Crippen LogP contribution in [0.1, 0.15) is 27.2 Å². The Bertz CT molecular complexity index is 251. The molecule has 13 heavy (non-hydrogen) atoms. The Hall–Kier alpha value is -0.0900. The van der Waals surface area contributed by atoms with E-state index in [1.54, 1.807) is 11.2 Å². The second-order valence-electron chi connectivity index (χ2n) is 4.16. The van der Waals surface area contributed by atoms with Gasteiger partial charge in [-0.15, -0.1) is 0 Å². The van der Waals surface area contributed by atoms with Crippen LogP contribution in [-0.2, 0) is 10.0 Å². The Morgan fingerprint density at radius 1 is 1.23 bits per heavy atom. The van der Waals surface area contributed by atoms with Gasteiger partial charge >= 0.3 is 0 Å². The van der Waals surface area contributed by atoms with E-state index < -0.39 is 10.0 Å². The minimum atomic E-state index is -2.95. The largest absolute Gasteiger partial charge is 0.213 e. The zero-order valence-corrected chi connectivity index (χ0v) is 9.47. The molecule has 0 saturated carbocycles. The predicted molar refractivity (Wildman–Crippen MR) is 54.0 cm³/mol. The van der Waals surface area contributed by atoms with Gasteiger partial charge in [0, 0.05) is 13.1 Å². The predicted octanol–water partition coefficient (Wildman–Crippen LogP) is 1.31. The summed E-state index contributed by atoms with van der Waals surface area (Å²) in [5.74, 6) is 1.24. The van der Waals surface area contributed by atoms with Crippen molar-refractivity contribution in [3.63, 3.8) is 0 Å². The lowest BCUT2D eigenvalue weighted by molar-refractivity contribution is 0.223. The second-order valence-corrected chi connectivity index (χ2v) is 6.42. The molecule has 1 rings (SSSR count). The van der Waals surface area contributed by atoms with Gasteiger partial charge in [0.05, 0.1) is 5.75 Å². The smallest absolute Gasteiger partial charge is 0.212 e. The fourth-order valence-corrected chi connectivity index (χ4v) is 3.34. The van der Waals surface area contributed by atoms with Gasteiger partial charge in [0.1, 0.15) is 0 Å². The van der Waals surface area contributed by atoms with Crippen LogP contribution >= 0.6 is 0 Å². The Kier molecular flexibility index (Phi) is 3.35. The summed E-state index contributed by atoms with van der Waals surface area (Å²) in [4.78, 5) is 0. The molecule has 0 amide bonds. The molecule has 0 N–H and O–H groups in total. The van der Waals surface area contributed by atoms with Gasteiger partial charge in [0.25, 0.3) is 0 Å². The third-order valence-electron chi connectivity index (χ3n) is 2.59. The standard InChI is InChI=1S/C9H19NO2S/c1-4-13(11,12)10-6-8(2)5-9(3)7-10/h8-9H,4-7H2,1-3H3/t8-,9-/m1/s1. The highest BCUT2D eigenvalue weighted by Crippen LogP contribution is 2.23. The number of hydrogen-bond acceptors (Lipinski definition) is 2. The molecular weight excluding hydrogens is 186 g/mol. The zero-order valence-electron chi connectivity index (χ0n) is 8.66. The van der Waals surface area contributed by atoms with Crippen LogP contribution in [0.3, 0.4) is 0 Å². The Balaban J connectivity index is 2.71. The maximum absolute atomic E-state index is 11.6. The highest BCUT2D eigenvalue weighted by molar-refractivity contribution is 7.89. The lowest BCUT2D eigenvalue weighted by Gasteiger charge is -2.33. The summed E-state index contributed by atoms with van der Waals surface area (Å²) in [6.07, 6.45) is 1.15. The van der Waals surface area contributed by atoms with Crippen molar-refractivity contribution in [3.05, 3.63) is 0 Å². The van der Waals surface area contributed by atoms with E-state index in [9.17, 15) is 8.42 Å². The third kappa shape index (κ3) is 2.68. The normalized spacial score (nSPS) is 31.9. The summed E-state index contributed by atoms with van der Waals surface area (Å²) in [6, 6.07) is 0. The minimum absolute atomic E-state index is 0.229. The van der Waals surface area contributed by atoms with Gasteiger partial charge in [-0.25, -0.2) is 12.7 Å². The minimum Gasteiger partial charge on any atom is -0.212 e. The van der Waals surface area contributed by atoms with Crippen molar-refractivity contribution in [1.82, 2.24) is 4.31 Å². The summed E-state index contributed by atoms with van der Waals surface area (Å²) < 4.78 is 24.8. The highest BCUT2D eigenvalue weighted by Gasteiger charge is 2.28. The van der Waals surface area contributed by atoms with Crippen molar-refractivity contribution < 1.29 is 8.42 Å². The van der Waals surface area contributed by atoms with E-state index in [1.165, 1.54) is 0 Å². The van der Waals surface area contributed by atoms with E-state index >= 15 is 0 Å². The summed E-state index contributed by atoms with van der Waals surface area (Å²) in [6.45, 7) is 7.36. The maximum atomic E-state index is 11.6. The third-order valence-corrected chi connectivity index (χ3v) is 4.41. The van der Waals surface area contributed by atoms with E-state index in [-0.39, 0.29) is 5.75 Å². The molecular formula is C9H19NO2S. The van der Waals surface area contributed by atoms with E-state index in [0.717, 1.165) is 6.42 Å². The SMILES string of the molecule is CCS(=O)(=O)N1C[C@H](C)C[C@@H](C)C1. The summed E-state index contributed by atoms with van der Waals surface area (Å²) in [5.41, 5.74) is 0. The molecule has 0 radical (unpaired) electrons.